The van der Waals surface area contributed by atoms with Crippen LogP contribution >= 0.6 is 0 Å². The van der Waals surface area contributed by atoms with Crippen molar-refractivity contribution >= 4 is 10.9 Å². The Bertz CT molecular complexity index is 770. The van der Waals surface area contributed by atoms with Crippen LogP contribution in [0.25, 0.3) is 10.9 Å². The van der Waals surface area contributed by atoms with Crippen LogP contribution in [0.1, 0.15) is 30.5 Å². The van der Waals surface area contributed by atoms with E-state index in [0.717, 1.165) is 32.4 Å². The van der Waals surface area contributed by atoms with Gasteiger partial charge in [-0.3, -0.25) is 4.90 Å². The number of piperidine rings is 2. The first-order chi connectivity index (χ1) is 11.8. The van der Waals surface area contributed by atoms with Gasteiger partial charge in [-0.15, -0.1) is 0 Å². The van der Waals surface area contributed by atoms with E-state index in [1.165, 1.54) is 28.6 Å². The zero-order chi connectivity index (χ0) is 16.3. The van der Waals surface area contributed by atoms with Crippen LogP contribution in [-0.4, -0.2) is 52.4 Å². The van der Waals surface area contributed by atoms with Crippen molar-refractivity contribution in [2.24, 2.45) is 11.8 Å². The molecule has 0 amide bonds. The summed E-state index contributed by atoms with van der Waals surface area (Å²) in [4.78, 5) is 6.32. The van der Waals surface area contributed by atoms with E-state index >= 15 is 0 Å². The molecule has 1 aromatic carbocycles. The molecule has 4 aliphatic rings. The lowest BCUT2D eigenvalue weighted by atomic mass is 9.56. The SMILES string of the molecule is OCCC1CC2CN3CCc4c([nH]c5ccccc45)C(CO)(C2)C13. The molecule has 2 aromatic rings. The lowest BCUT2D eigenvalue weighted by Gasteiger charge is -2.59. The number of nitrogens with zero attached hydrogens (tertiary/aromatic N) is 1. The van der Waals surface area contributed by atoms with Crippen molar-refractivity contribution in [1.82, 2.24) is 9.88 Å². The molecule has 4 nitrogen and oxygen atoms in total. The predicted octanol–water partition coefficient (Wildman–Crippen LogP) is 2.05. The van der Waals surface area contributed by atoms with E-state index in [9.17, 15) is 10.2 Å². The van der Waals surface area contributed by atoms with Crippen molar-refractivity contribution in [2.45, 2.75) is 37.1 Å². The third kappa shape index (κ3) is 1.85. The topological polar surface area (TPSA) is 59.5 Å². The number of aromatic nitrogens is 1. The van der Waals surface area contributed by atoms with Gasteiger partial charge >= 0.3 is 0 Å². The number of benzene rings is 1. The zero-order valence-corrected chi connectivity index (χ0v) is 14.0. The molecule has 128 valence electrons. The maximum absolute atomic E-state index is 10.6. The zero-order valence-electron chi connectivity index (χ0n) is 14.0. The fourth-order valence-corrected chi connectivity index (χ4v) is 6.26. The summed E-state index contributed by atoms with van der Waals surface area (Å²) in [5.74, 6) is 1.13. The Morgan fingerprint density at radius 2 is 2.12 bits per heavy atom. The fourth-order valence-electron chi connectivity index (χ4n) is 6.26. The summed E-state index contributed by atoms with van der Waals surface area (Å²) in [6.07, 6.45) is 4.19. The standard InChI is InChI=1S/C20H26N2O2/c23-8-6-14-9-13-10-20(12-24)18-16(5-7-22(11-13)19(14)20)15-3-1-2-4-17(15)21-18/h1-4,13-14,19,21,23-24H,5-12H2. The van der Waals surface area contributed by atoms with Gasteiger partial charge in [0.15, 0.2) is 0 Å². The number of H-pyrrole nitrogens is 1. The Labute approximate surface area is 142 Å². The summed E-state index contributed by atoms with van der Waals surface area (Å²) in [7, 11) is 0. The van der Waals surface area contributed by atoms with Gasteiger partial charge in [0.25, 0.3) is 0 Å². The van der Waals surface area contributed by atoms with Crippen LogP contribution in [0, 0.1) is 11.8 Å². The molecule has 24 heavy (non-hydrogen) atoms. The molecular weight excluding hydrogens is 300 g/mol. The van der Waals surface area contributed by atoms with E-state index in [-0.39, 0.29) is 18.6 Å². The van der Waals surface area contributed by atoms with Crippen LogP contribution in [0.2, 0.25) is 0 Å². The second-order valence-corrected chi connectivity index (χ2v) is 8.11. The molecule has 0 radical (unpaired) electrons. The summed E-state index contributed by atoms with van der Waals surface area (Å²) >= 11 is 0. The maximum atomic E-state index is 10.6. The second-order valence-electron chi connectivity index (χ2n) is 8.11. The Kier molecular flexibility index (Phi) is 3.31. The van der Waals surface area contributed by atoms with Gasteiger partial charge in [0.05, 0.1) is 6.61 Å². The first-order valence-corrected chi connectivity index (χ1v) is 9.32. The highest BCUT2D eigenvalue weighted by molar-refractivity contribution is 5.85. The monoisotopic (exact) mass is 326 g/mol. The first kappa shape index (κ1) is 14.9. The number of fused-ring (bicyclic) bond motifs is 4. The third-order valence-corrected chi connectivity index (χ3v) is 6.93. The molecule has 2 saturated heterocycles. The van der Waals surface area contributed by atoms with E-state index < -0.39 is 0 Å². The average Bonchev–Trinajstić information content (AvgIpc) is 2.95. The van der Waals surface area contributed by atoms with Crippen LogP contribution in [0.15, 0.2) is 24.3 Å². The number of rotatable bonds is 3. The van der Waals surface area contributed by atoms with Gasteiger partial charge in [0.2, 0.25) is 0 Å². The summed E-state index contributed by atoms with van der Waals surface area (Å²) in [5, 5.41) is 21.5. The van der Waals surface area contributed by atoms with Crippen molar-refractivity contribution in [3.63, 3.8) is 0 Å². The van der Waals surface area contributed by atoms with Gasteiger partial charge in [-0.05, 0) is 49.1 Å². The van der Waals surface area contributed by atoms with Crippen LogP contribution in [0.5, 0.6) is 0 Å². The van der Waals surface area contributed by atoms with Gasteiger partial charge < -0.3 is 15.2 Å². The number of hydrogen-bond acceptors (Lipinski definition) is 3. The predicted molar refractivity (Wildman–Crippen MR) is 94.0 cm³/mol. The normalized spacial score (nSPS) is 37.4. The second kappa shape index (κ2) is 5.32. The van der Waals surface area contributed by atoms with Crippen molar-refractivity contribution < 1.29 is 10.2 Å². The van der Waals surface area contributed by atoms with Gasteiger partial charge in [-0.25, -0.2) is 0 Å². The third-order valence-electron chi connectivity index (χ3n) is 6.93. The number of para-hydroxylation sites is 1. The minimum Gasteiger partial charge on any atom is -0.396 e. The molecule has 4 heterocycles. The van der Waals surface area contributed by atoms with Crippen molar-refractivity contribution in [2.75, 3.05) is 26.3 Å². The van der Waals surface area contributed by atoms with Gasteiger partial charge in [-0.1, -0.05) is 18.2 Å². The molecule has 5 atom stereocenters. The number of nitrogens with one attached hydrogen (secondary N) is 1. The van der Waals surface area contributed by atoms with Gasteiger partial charge in [0, 0.05) is 47.8 Å². The summed E-state index contributed by atoms with van der Waals surface area (Å²) in [6.45, 7) is 2.69. The molecule has 4 heteroatoms. The highest BCUT2D eigenvalue weighted by Gasteiger charge is 2.57. The first-order valence-electron chi connectivity index (χ1n) is 9.32. The molecule has 5 unspecified atom stereocenters. The average molecular weight is 326 g/mol. The molecular formula is C20H26N2O2. The Balaban J connectivity index is 1.73. The Morgan fingerprint density at radius 3 is 2.96 bits per heavy atom. The van der Waals surface area contributed by atoms with Crippen molar-refractivity contribution in [1.29, 1.82) is 0 Å². The lowest BCUT2D eigenvalue weighted by molar-refractivity contribution is -0.0815. The van der Waals surface area contributed by atoms with E-state index in [1.807, 2.05) is 0 Å². The van der Waals surface area contributed by atoms with E-state index in [4.69, 9.17) is 0 Å². The molecule has 1 aromatic heterocycles. The van der Waals surface area contributed by atoms with Crippen LogP contribution in [0.4, 0.5) is 0 Å². The van der Waals surface area contributed by atoms with Crippen LogP contribution < -0.4 is 0 Å². The highest BCUT2D eigenvalue weighted by atomic mass is 16.3. The summed E-state index contributed by atoms with van der Waals surface area (Å²) in [6, 6.07) is 8.91. The Hall–Kier alpha value is -1.36. The quantitative estimate of drug-likeness (QED) is 0.809. The number of aliphatic hydroxyl groups excluding tert-OH is 2. The van der Waals surface area contributed by atoms with Crippen molar-refractivity contribution in [3.05, 3.63) is 35.5 Å². The highest BCUT2D eigenvalue weighted by Crippen LogP contribution is 2.54. The number of aromatic amines is 1. The van der Waals surface area contributed by atoms with Gasteiger partial charge in [0.1, 0.15) is 0 Å². The molecule has 0 spiro atoms. The fraction of sp³-hybridized carbons (Fsp3) is 0.600. The number of aliphatic hydroxyl groups is 2. The molecule has 3 aliphatic heterocycles. The largest absolute Gasteiger partial charge is 0.396 e. The summed E-state index contributed by atoms with van der Waals surface area (Å²) < 4.78 is 0. The smallest absolute Gasteiger partial charge is 0.0557 e. The van der Waals surface area contributed by atoms with Crippen molar-refractivity contribution in [3.8, 4) is 0 Å². The summed E-state index contributed by atoms with van der Waals surface area (Å²) in [5.41, 5.74) is 3.71. The molecule has 1 saturated carbocycles. The van der Waals surface area contributed by atoms with Crippen LogP contribution in [-0.2, 0) is 11.8 Å². The Morgan fingerprint density at radius 1 is 1.25 bits per heavy atom. The van der Waals surface area contributed by atoms with E-state index in [2.05, 4.69) is 34.1 Å². The van der Waals surface area contributed by atoms with Gasteiger partial charge in [-0.2, -0.15) is 0 Å². The van der Waals surface area contributed by atoms with E-state index in [1.54, 1.807) is 0 Å². The molecule has 4 bridgehead atoms. The minimum absolute atomic E-state index is 0.189. The maximum Gasteiger partial charge on any atom is 0.0557 e. The molecule has 3 fully saturated rings. The lowest BCUT2D eigenvalue weighted by Crippen LogP contribution is -2.65. The van der Waals surface area contributed by atoms with E-state index in [0.29, 0.717) is 17.9 Å². The van der Waals surface area contributed by atoms with Crippen LogP contribution in [0.3, 0.4) is 0 Å². The number of hydrogen-bond donors (Lipinski definition) is 3. The molecule has 6 rings (SSSR count). The molecule has 1 aliphatic carbocycles. The minimum atomic E-state index is -0.189. The molecule has 3 N–H and O–H groups in total.